The third kappa shape index (κ3) is 5.02. The minimum absolute atomic E-state index is 0.00627. The van der Waals surface area contributed by atoms with Crippen LogP contribution < -0.4 is 4.72 Å². The first-order valence-corrected chi connectivity index (χ1v) is 8.78. The summed E-state index contributed by atoms with van der Waals surface area (Å²) in [5, 5.41) is 0.490. The normalized spacial score (nSPS) is 13.8. The Morgan fingerprint density at radius 2 is 2.05 bits per heavy atom. The number of nitrogens with one attached hydrogen (secondary N) is 1. The van der Waals surface area contributed by atoms with Gasteiger partial charge in [0.15, 0.2) is 0 Å². The molecular formula is C12H16BrClFNO2S. The minimum Gasteiger partial charge on any atom is -0.207 e. The van der Waals surface area contributed by atoms with E-state index < -0.39 is 15.8 Å². The highest BCUT2D eigenvalue weighted by Crippen LogP contribution is 2.23. The number of alkyl halides is 1. The van der Waals surface area contributed by atoms with Crippen LogP contribution in [0.25, 0.3) is 0 Å². The van der Waals surface area contributed by atoms with Gasteiger partial charge < -0.3 is 0 Å². The molecule has 0 amide bonds. The lowest BCUT2D eigenvalue weighted by atomic mass is 10.1. The molecule has 0 fully saturated rings. The molecule has 0 spiro atoms. The van der Waals surface area contributed by atoms with E-state index in [1.807, 2.05) is 13.8 Å². The topological polar surface area (TPSA) is 46.2 Å². The molecule has 0 aliphatic rings. The summed E-state index contributed by atoms with van der Waals surface area (Å²) in [6.45, 7) is 4.00. The number of hydrogen-bond donors (Lipinski definition) is 1. The van der Waals surface area contributed by atoms with Crippen molar-refractivity contribution in [3.8, 4) is 0 Å². The second-order valence-electron chi connectivity index (χ2n) is 4.68. The van der Waals surface area contributed by atoms with Crippen LogP contribution in [0.3, 0.4) is 0 Å². The first-order valence-electron chi connectivity index (χ1n) is 5.79. The zero-order valence-electron chi connectivity index (χ0n) is 10.7. The van der Waals surface area contributed by atoms with E-state index >= 15 is 0 Å². The van der Waals surface area contributed by atoms with Crippen LogP contribution in [0, 0.1) is 11.7 Å². The van der Waals surface area contributed by atoms with Crippen LogP contribution in [-0.4, -0.2) is 19.8 Å². The highest BCUT2D eigenvalue weighted by molar-refractivity contribution is 9.09. The number of benzene rings is 1. The van der Waals surface area contributed by atoms with Crippen molar-refractivity contribution in [3.05, 3.63) is 29.0 Å². The molecule has 0 saturated heterocycles. The maximum atomic E-state index is 13.1. The summed E-state index contributed by atoms with van der Waals surface area (Å²) < 4.78 is 40.0. The van der Waals surface area contributed by atoms with Crippen molar-refractivity contribution in [2.45, 2.75) is 31.2 Å². The molecule has 0 aromatic heterocycles. The van der Waals surface area contributed by atoms with Gasteiger partial charge in [0.1, 0.15) is 10.7 Å². The smallest absolute Gasteiger partial charge is 0.207 e. The predicted octanol–water partition coefficient (Wildman–Crippen LogP) is 3.57. The van der Waals surface area contributed by atoms with Gasteiger partial charge in [0.2, 0.25) is 10.0 Å². The molecule has 1 N–H and O–H groups in total. The summed E-state index contributed by atoms with van der Waals surface area (Å²) in [6.07, 6.45) is 0.678. The standard InChI is InChI=1S/C12H16BrClFNO2S/c1-8(2)5-10(7-13)16-19(17,18)12-6-9(15)3-4-11(12)14/h3-4,6,8,10,16H,5,7H2,1-2H3. The van der Waals surface area contributed by atoms with Gasteiger partial charge in [-0.05, 0) is 30.5 Å². The Bertz CT molecular complexity index is 537. The van der Waals surface area contributed by atoms with Crippen molar-refractivity contribution in [1.29, 1.82) is 0 Å². The van der Waals surface area contributed by atoms with E-state index in [4.69, 9.17) is 11.6 Å². The van der Waals surface area contributed by atoms with Crippen LogP contribution in [0.4, 0.5) is 4.39 Å². The molecule has 1 atom stereocenters. The highest BCUT2D eigenvalue weighted by atomic mass is 79.9. The van der Waals surface area contributed by atoms with Gasteiger partial charge in [-0.1, -0.05) is 41.4 Å². The molecule has 1 unspecified atom stereocenters. The van der Waals surface area contributed by atoms with Gasteiger partial charge in [-0.25, -0.2) is 17.5 Å². The lowest BCUT2D eigenvalue weighted by Crippen LogP contribution is -2.37. The molecule has 0 bridgehead atoms. The Morgan fingerprint density at radius 1 is 1.42 bits per heavy atom. The number of rotatable bonds is 6. The van der Waals surface area contributed by atoms with Gasteiger partial charge in [-0.2, -0.15) is 0 Å². The van der Waals surface area contributed by atoms with Crippen LogP contribution in [0.1, 0.15) is 20.3 Å². The quantitative estimate of drug-likeness (QED) is 0.776. The Balaban J connectivity index is 3.00. The number of halogens is 3. The highest BCUT2D eigenvalue weighted by Gasteiger charge is 2.23. The molecule has 7 heteroatoms. The van der Waals surface area contributed by atoms with Crippen LogP contribution in [0.2, 0.25) is 5.02 Å². The van der Waals surface area contributed by atoms with E-state index in [9.17, 15) is 12.8 Å². The molecule has 1 aromatic carbocycles. The van der Waals surface area contributed by atoms with Gasteiger partial charge in [0.05, 0.1) is 5.02 Å². The zero-order valence-corrected chi connectivity index (χ0v) is 13.8. The van der Waals surface area contributed by atoms with Crippen molar-refractivity contribution >= 4 is 37.6 Å². The van der Waals surface area contributed by atoms with Crippen molar-refractivity contribution in [2.75, 3.05) is 5.33 Å². The summed E-state index contributed by atoms with van der Waals surface area (Å²) >= 11 is 9.08. The summed E-state index contributed by atoms with van der Waals surface area (Å²) in [5.74, 6) is -0.294. The van der Waals surface area contributed by atoms with Crippen LogP contribution in [0.15, 0.2) is 23.1 Å². The van der Waals surface area contributed by atoms with Crippen molar-refractivity contribution in [3.63, 3.8) is 0 Å². The molecule has 3 nitrogen and oxygen atoms in total. The van der Waals surface area contributed by atoms with Crippen molar-refractivity contribution in [2.24, 2.45) is 5.92 Å². The Kier molecular flexibility index (Phi) is 6.23. The molecule has 1 rings (SSSR count). The monoisotopic (exact) mass is 371 g/mol. The van der Waals surface area contributed by atoms with Gasteiger partial charge in [0, 0.05) is 11.4 Å². The van der Waals surface area contributed by atoms with E-state index in [2.05, 4.69) is 20.7 Å². The Morgan fingerprint density at radius 3 is 2.58 bits per heavy atom. The molecule has 1 aromatic rings. The Hall–Kier alpha value is -0.170. The molecule has 0 heterocycles. The molecule has 0 aliphatic heterocycles. The molecule has 0 saturated carbocycles. The lowest BCUT2D eigenvalue weighted by molar-refractivity contribution is 0.488. The fourth-order valence-corrected chi connectivity index (χ4v) is 4.08. The summed E-state index contributed by atoms with van der Waals surface area (Å²) in [4.78, 5) is -0.233. The second kappa shape index (κ2) is 7.02. The van der Waals surface area contributed by atoms with Gasteiger partial charge in [-0.15, -0.1) is 0 Å². The average molecular weight is 373 g/mol. The molecule has 108 valence electrons. The SMILES string of the molecule is CC(C)CC(CBr)NS(=O)(=O)c1cc(F)ccc1Cl. The maximum absolute atomic E-state index is 13.1. The van der Waals surface area contributed by atoms with Gasteiger partial charge in [0.25, 0.3) is 0 Å². The summed E-state index contributed by atoms with van der Waals surface area (Å²) in [5.41, 5.74) is 0. The van der Waals surface area contributed by atoms with E-state index in [1.54, 1.807) is 0 Å². The third-order valence-corrected chi connectivity index (χ3v) is 5.23. The van der Waals surface area contributed by atoms with Crippen LogP contribution >= 0.6 is 27.5 Å². The first kappa shape index (κ1) is 16.9. The zero-order chi connectivity index (χ0) is 14.6. The fraction of sp³-hybridized carbons (Fsp3) is 0.500. The lowest BCUT2D eigenvalue weighted by Gasteiger charge is -2.18. The van der Waals surface area contributed by atoms with Crippen molar-refractivity contribution in [1.82, 2.24) is 4.72 Å². The fourth-order valence-electron chi connectivity index (χ4n) is 1.68. The number of hydrogen-bond acceptors (Lipinski definition) is 2. The van der Waals surface area contributed by atoms with Gasteiger partial charge >= 0.3 is 0 Å². The maximum Gasteiger partial charge on any atom is 0.242 e. The van der Waals surface area contributed by atoms with E-state index in [0.717, 1.165) is 12.1 Å². The number of sulfonamides is 1. The predicted molar refractivity (Wildman–Crippen MR) is 78.8 cm³/mol. The molecule has 0 aliphatic carbocycles. The average Bonchev–Trinajstić information content (AvgIpc) is 2.30. The molecule has 0 radical (unpaired) electrons. The van der Waals surface area contributed by atoms with E-state index in [-0.39, 0.29) is 16.0 Å². The summed E-state index contributed by atoms with van der Waals surface area (Å²) in [6, 6.07) is 3.02. The van der Waals surface area contributed by atoms with Crippen LogP contribution in [0.5, 0.6) is 0 Å². The van der Waals surface area contributed by atoms with E-state index in [1.165, 1.54) is 6.07 Å². The second-order valence-corrected chi connectivity index (χ2v) is 7.41. The third-order valence-electron chi connectivity index (χ3n) is 2.45. The van der Waals surface area contributed by atoms with Gasteiger partial charge in [-0.3, -0.25) is 0 Å². The first-order chi connectivity index (χ1) is 8.76. The molecule has 19 heavy (non-hydrogen) atoms. The van der Waals surface area contributed by atoms with Crippen molar-refractivity contribution < 1.29 is 12.8 Å². The van der Waals surface area contributed by atoms with Crippen LogP contribution in [-0.2, 0) is 10.0 Å². The largest absolute Gasteiger partial charge is 0.242 e. The van der Waals surface area contributed by atoms with E-state index in [0.29, 0.717) is 17.7 Å². The molecular weight excluding hydrogens is 357 g/mol. The Labute approximate surface area is 126 Å². The minimum atomic E-state index is -3.82. The summed E-state index contributed by atoms with van der Waals surface area (Å²) in [7, 11) is -3.82.